The molecule has 0 unspecified atom stereocenters. The number of hydrogen-bond donors (Lipinski definition) is 0. The van der Waals surface area contributed by atoms with Crippen molar-refractivity contribution in [3.8, 4) is 0 Å². The molecule has 2 aromatic carbocycles. The number of carbonyl (C=O) groups is 1. The monoisotopic (exact) mass is 442 g/mol. The number of benzene rings is 2. The van der Waals surface area contributed by atoms with Gasteiger partial charge in [-0.1, -0.05) is 41.9 Å². The predicted molar refractivity (Wildman–Crippen MR) is 120 cm³/mol. The lowest BCUT2D eigenvalue weighted by atomic mass is 10.2. The van der Waals surface area contributed by atoms with Crippen LogP contribution in [0.5, 0.6) is 0 Å². The molecule has 1 aliphatic rings. The molecule has 1 saturated heterocycles. The molecule has 30 heavy (non-hydrogen) atoms. The van der Waals surface area contributed by atoms with Crippen LogP contribution in [-0.2, 0) is 22.3 Å². The fourth-order valence-corrected chi connectivity index (χ4v) is 4.89. The first-order chi connectivity index (χ1) is 14.6. The minimum absolute atomic E-state index is 0.116. The minimum Gasteiger partial charge on any atom is -0.455 e. The van der Waals surface area contributed by atoms with Gasteiger partial charge in [0.2, 0.25) is 0 Å². The molecule has 4 rings (SSSR count). The Balaban J connectivity index is 1.31. The second-order valence-electron chi connectivity index (χ2n) is 7.24. The Kier molecular flexibility index (Phi) is 6.55. The van der Waals surface area contributed by atoms with Crippen LogP contribution in [0.4, 0.5) is 5.69 Å². The maximum absolute atomic E-state index is 12.8. The van der Waals surface area contributed by atoms with Crippen molar-refractivity contribution < 1.29 is 13.4 Å². The van der Waals surface area contributed by atoms with Gasteiger partial charge in [0.15, 0.2) is 5.76 Å². The van der Waals surface area contributed by atoms with Crippen molar-refractivity contribution in [1.29, 1.82) is 0 Å². The van der Waals surface area contributed by atoms with E-state index in [2.05, 4.69) is 17.0 Å². The summed E-state index contributed by atoms with van der Waals surface area (Å²) < 4.78 is 18.2. The van der Waals surface area contributed by atoms with E-state index >= 15 is 0 Å². The van der Waals surface area contributed by atoms with Gasteiger partial charge in [-0.05, 0) is 42.0 Å². The van der Waals surface area contributed by atoms with Crippen LogP contribution < -0.4 is 4.90 Å². The zero-order valence-electron chi connectivity index (χ0n) is 16.5. The van der Waals surface area contributed by atoms with E-state index in [1.165, 1.54) is 5.69 Å². The van der Waals surface area contributed by atoms with Crippen LogP contribution in [0.1, 0.15) is 21.9 Å². The average Bonchev–Trinajstić information content (AvgIpc) is 3.22. The fraction of sp³-hybridized carbons (Fsp3) is 0.261. The van der Waals surface area contributed by atoms with Crippen molar-refractivity contribution in [2.24, 2.45) is 0 Å². The normalized spacial score (nSPS) is 15.2. The van der Waals surface area contributed by atoms with Crippen molar-refractivity contribution in [1.82, 2.24) is 4.90 Å². The van der Waals surface area contributed by atoms with Gasteiger partial charge < -0.3 is 14.2 Å². The molecule has 2 heterocycles. The predicted octanol–water partition coefficient (Wildman–Crippen LogP) is 4.34. The van der Waals surface area contributed by atoms with Gasteiger partial charge in [-0.3, -0.25) is 9.00 Å². The van der Waals surface area contributed by atoms with E-state index < -0.39 is 10.8 Å². The third-order valence-electron chi connectivity index (χ3n) is 5.08. The number of hydrogen-bond acceptors (Lipinski definition) is 4. The molecule has 0 spiro atoms. The first-order valence-electron chi connectivity index (χ1n) is 9.86. The molecule has 0 saturated carbocycles. The first kappa shape index (κ1) is 20.7. The molecular weight excluding hydrogens is 420 g/mol. The van der Waals surface area contributed by atoms with Gasteiger partial charge in [0, 0.05) is 53.4 Å². The van der Waals surface area contributed by atoms with E-state index in [0.717, 1.165) is 18.7 Å². The quantitative estimate of drug-likeness (QED) is 0.569. The summed E-state index contributed by atoms with van der Waals surface area (Å²) in [6, 6.07) is 21.0. The van der Waals surface area contributed by atoms with Gasteiger partial charge in [0.25, 0.3) is 5.91 Å². The van der Waals surface area contributed by atoms with Crippen molar-refractivity contribution >= 4 is 34.0 Å². The second-order valence-corrected chi connectivity index (χ2v) is 9.13. The Morgan fingerprint density at radius 3 is 2.43 bits per heavy atom. The number of rotatable bonds is 6. The van der Waals surface area contributed by atoms with E-state index in [0.29, 0.717) is 35.4 Å². The van der Waals surface area contributed by atoms with Crippen LogP contribution in [0.25, 0.3) is 0 Å². The summed E-state index contributed by atoms with van der Waals surface area (Å²) in [6.45, 7) is 2.86. The average molecular weight is 443 g/mol. The van der Waals surface area contributed by atoms with Crippen molar-refractivity contribution in [2.75, 3.05) is 31.1 Å². The summed E-state index contributed by atoms with van der Waals surface area (Å²) >= 11 is 5.98. The fourth-order valence-electron chi connectivity index (χ4n) is 3.56. The van der Waals surface area contributed by atoms with Crippen molar-refractivity contribution in [3.63, 3.8) is 0 Å². The van der Waals surface area contributed by atoms with Gasteiger partial charge in [-0.25, -0.2) is 0 Å². The van der Waals surface area contributed by atoms with Crippen LogP contribution in [0, 0.1) is 0 Å². The van der Waals surface area contributed by atoms with E-state index in [1.54, 1.807) is 18.2 Å². The molecule has 1 aromatic heterocycles. The SMILES string of the molecule is O=C(c1ccc(C[S@@](=O)Cc2cccc(Cl)c2)o1)N1CCN(c2ccccc2)CC1. The number of para-hydroxylation sites is 1. The maximum atomic E-state index is 12.8. The summed E-state index contributed by atoms with van der Waals surface area (Å²) in [5, 5.41) is 0.628. The highest BCUT2D eigenvalue weighted by atomic mass is 35.5. The smallest absolute Gasteiger partial charge is 0.289 e. The summed E-state index contributed by atoms with van der Waals surface area (Å²) in [5.41, 5.74) is 2.09. The summed E-state index contributed by atoms with van der Waals surface area (Å²) in [4.78, 5) is 16.9. The largest absolute Gasteiger partial charge is 0.455 e. The molecule has 0 N–H and O–H groups in total. The van der Waals surface area contributed by atoms with Gasteiger partial charge in [0.1, 0.15) is 5.76 Å². The van der Waals surface area contributed by atoms with Crippen LogP contribution in [0.15, 0.2) is 71.1 Å². The molecule has 0 radical (unpaired) electrons. The Morgan fingerprint density at radius 2 is 1.70 bits per heavy atom. The number of furan rings is 1. The highest BCUT2D eigenvalue weighted by Gasteiger charge is 2.24. The lowest BCUT2D eigenvalue weighted by Gasteiger charge is -2.35. The minimum atomic E-state index is -1.14. The topological polar surface area (TPSA) is 53.8 Å². The molecule has 1 amide bonds. The summed E-state index contributed by atoms with van der Waals surface area (Å²) in [5.74, 6) is 1.40. The number of amides is 1. The molecule has 1 aliphatic heterocycles. The van der Waals surface area contributed by atoms with Crippen LogP contribution >= 0.6 is 11.6 Å². The standard InChI is InChI=1S/C23H23ClN2O3S/c24-19-6-4-5-18(15-19)16-30(28)17-21-9-10-22(29-21)23(27)26-13-11-25(12-14-26)20-7-2-1-3-8-20/h1-10,15H,11-14,16-17H2/t30-/m0/s1. The molecule has 0 bridgehead atoms. The summed E-state index contributed by atoms with van der Waals surface area (Å²) in [6.07, 6.45) is 0. The summed E-state index contributed by atoms with van der Waals surface area (Å²) in [7, 11) is -1.14. The Bertz CT molecular complexity index is 1030. The Morgan fingerprint density at radius 1 is 0.933 bits per heavy atom. The molecule has 1 atom stereocenters. The zero-order chi connectivity index (χ0) is 20.9. The molecule has 3 aromatic rings. The maximum Gasteiger partial charge on any atom is 0.289 e. The van der Waals surface area contributed by atoms with Gasteiger partial charge >= 0.3 is 0 Å². The number of nitrogens with zero attached hydrogens (tertiary/aromatic N) is 2. The Hall–Kier alpha value is -2.57. The third-order valence-corrected chi connectivity index (χ3v) is 6.58. The highest BCUT2D eigenvalue weighted by molar-refractivity contribution is 7.83. The van der Waals surface area contributed by atoms with Gasteiger partial charge in [-0.2, -0.15) is 0 Å². The molecule has 0 aliphatic carbocycles. The highest BCUT2D eigenvalue weighted by Crippen LogP contribution is 2.19. The van der Waals surface area contributed by atoms with Crippen LogP contribution in [0.2, 0.25) is 5.02 Å². The third kappa shape index (κ3) is 5.12. The lowest BCUT2D eigenvalue weighted by Crippen LogP contribution is -2.48. The van der Waals surface area contributed by atoms with E-state index in [4.69, 9.17) is 16.0 Å². The second kappa shape index (κ2) is 9.49. The molecular formula is C23H23ClN2O3S. The molecule has 1 fully saturated rings. The van der Waals surface area contributed by atoms with Crippen molar-refractivity contribution in [2.45, 2.75) is 11.5 Å². The van der Waals surface area contributed by atoms with E-state index in [9.17, 15) is 9.00 Å². The number of carbonyl (C=O) groups excluding carboxylic acids is 1. The van der Waals surface area contributed by atoms with Gasteiger partial charge in [0.05, 0.1) is 5.75 Å². The molecule has 156 valence electrons. The number of halogens is 1. The number of piperazine rings is 1. The van der Waals surface area contributed by atoms with E-state index in [1.807, 2.05) is 41.3 Å². The van der Waals surface area contributed by atoms with Crippen LogP contribution in [0.3, 0.4) is 0 Å². The van der Waals surface area contributed by atoms with Crippen LogP contribution in [-0.4, -0.2) is 41.2 Å². The van der Waals surface area contributed by atoms with E-state index in [-0.39, 0.29) is 11.7 Å². The van der Waals surface area contributed by atoms with Crippen molar-refractivity contribution in [3.05, 3.63) is 88.8 Å². The lowest BCUT2D eigenvalue weighted by molar-refractivity contribution is 0.0713. The number of anilines is 1. The molecule has 7 heteroatoms. The van der Waals surface area contributed by atoms with Gasteiger partial charge in [-0.15, -0.1) is 0 Å². The first-order valence-corrected chi connectivity index (χ1v) is 11.7. The zero-order valence-corrected chi connectivity index (χ0v) is 18.1. The molecule has 5 nitrogen and oxygen atoms in total. The Labute approximate surface area is 183 Å².